The number of carboxylic acid groups (broad SMARTS) is 1. The molecule has 0 aliphatic rings. The van der Waals surface area contributed by atoms with Gasteiger partial charge in [-0.3, -0.25) is 4.98 Å². The first kappa shape index (κ1) is 16.7. The van der Waals surface area contributed by atoms with Crippen LogP contribution in [0.5, 0.6) is 0 Å². The molecule has 0 saturated heterocycles. The Morgan fingerprint density at radius 1 is 1.35 bits per heavy atom. The van der Waals surface area contributed by atoms with E-state index in [2.05, 4.69) is 10.3 Å². The Morgan fingerprint density at radius 3 is 2.70 bits per heavy atom. The van der Waals surface area contributed by atoms with Gasteiger partial charge in [-0.05, 0) is 19.9 Å². The monoisotopic (exact) mass is 318 g/mol. The summed E-state index contributed by atoms with van der Waals surface area (Å²) in [6, 6.07) is 7.10. The van der Waals surface area contributed by atoms with E-state index in [4.69, 9.17) is 9.84 Å². The van der Waals surface area contributed by atoms with Crippen LogP contribution in [-0.2, 0) is 9.53 Å². The number of para-hydroxylation sites is 1. The molecule has 1 aromatic carbocycles. The number of pyridine rings is 1. The van der Waals surface area contributed by atoms with Crippen molar-refractivity contribution in [2.24, 2.45) is 0 Å². The fourth-order valence-electron chi connectivity index (χ4n) is 2.03. The van der Waals surface area contributed by atoms with E-state index in [-0.39, 0.29) is 18.7 Å². The van der Waals surface area contributed by atoms with Gasteiger partial charge in [-0.25, -0.2) is 9.59 Å². The van der Waals surface area contributed by atoms with Crippen LogP contribution in [0.3, 0.4) is 0 Å². The molecule has 0 aliphatic carbocycles. The number of aliphatic carboxylic acids is 1. The van der Waals surface area contributed by atoms with Gasteiger partial charge in [0.05, 0.1) is 24.4 Å². The van der Waals surface area contributed by atoms with Gasteiger partial charge in [-0.15, -0.1) is 0 Å². The van der Waals surface area contributed by atoms with Gasteiger partial charge in [0, 0.05) is 11.6 Å². The second kappa shape index (κ2) is 6.62. The molecule has 1 aromatic heterocycles. The Hall–Kier alpha value is -2.67. The minimum atomic E-state index is -1.98. The number of nitrogens with zero attached hydrogens (tertiary/aromatic N) is 1. The number of aromatic nitrogens is 1. The lowest BCUT2D eigenvalue weighted by atomic mass is 10.1. The van der Waals surface area contributed by atoms with Crippen LogP contribution in [0.25, 0.3) is 10.9 Å². The number of fused-ring (bicyclic) bond motifs is 1. The van der Waals surface area contributed by atoms with Crippen molar-refractivity contribution in [1.82, 2.24) is 4.98 Å². The zero-order valence-electron chi connectivity index (χ0n) is 12.9. The van der Waals surface area contributed by atoms with Gasteiger partial charge >= 0.3 is 11.9 Å². The fraction of sp³-hybridized carbons (Fsp3) is 0.312. The standard InChI is InChI=1S/C16H18N2O5/c1-3-23-14(19)11-8-17-12-7-5-4-6-10(12)13(11)18-9-16(2,22)15(20)21/h4-8,22H,3,9H2,1-2H3,(H,17,18)(H,20,21). The minimum Gasteiger partial charge on any atom is -0.479 e. The molecule has 7 heteroatoms. The van der Waals surface area contributed by atoms with Gasteiger partial charge in [-0.2, -0.15) is 0 Å². The van der Waals surface area contributed by atoms with Gasteiger partial charge in [0.15, 0.2) is 5.60 Å². The molecule has 7 nitrogen and oxygen atoms in total. The zero-order chi connectivity index (χ0) is 17.0. The van der Waals surface area contributed by atoms with Crippen molar-refractivity contribution in [2.45, 2.75) is 19.4 Å². The Labute approximate surface area is 132 Å². The third-order valence-electron chi connectivity index (χ3n) is 3.34. The topological polar surface area (TPSA) is 109 Å². The van der Waals surface area contributed by atoms with E-state index >= 15 is 0 Å². The first-order valence-electron chi connectivity index (χ1n) is 7.11. The highest BCUT2D eigenvalue weighted by molar-refractivity contribution is 6.05. The molecule has 122 valence electrons. The average molecular weight is 318 g/mol. The second-order valence-electron chi connectivity index (χ2n) is 5.22. The average Bonchev–Trinajstić information content (AvgIpc) is 2.52. The van der Waals surface area contributed by atoms with Crippen LogP contribution in [0.15, 0.2) is 30.5 Å². The van der Waals surface area contributed by atoms with Crippen molar-refractivity contribution in [3.63, 3.8) is 0 Å². The molecule has 1 heterocycles. The number of ether oxygens (including phenoxy) is 1. The predicted octanol–water partition coefficient (Wildman–Crippen LogP) is 1.66. The molecule has 2 rings (SSSR count). The number of carboxylic acids is 1. The lowest BCUT2D eigenvalue weighted by Gasteiger charge is -2.21. The molecule has 0 amide bonds. The molecule has 1 unspecified atom stereocenters. The molecule has 0 saturated carbocycles. The van der Waals surface area contributed by atoms with Gasteiger partial charge in [-0.1, -0.05) is 18.2 Å². The van der Waals surface area contributed by atoms with E-state index in [0.29, 0.717) is 16.6 Å². The smallest absolute Gasteiger partial charge is 0.341 e. The Balaban J connectivity index is 2.47. The number of nitrogens with one attached hydrogen (secondary N) is 1. The number of aliphatic hydroxyl groups is 1. The maximum absolute atomic E-state index is 12.1. The SMILES string of the molecule is CCOC(=O)c1cnc2ccccc2c1NCC(C)(O)C(=O)O. The molecule has 0 spiro atoms. The molecule has 0 fully saturated rings. The summed E-state index contributed by atoms with van der Waals surface area (Å²) in [7, 11) is 0. The van der Waals surface area contributed by atoms with Gasteiger partial charge < -0.3 is 20.3 Å². The number of hydrogen-bond donors (Lipinski definition) is 3. The van der Waals surface area contributed by atoms with E-state index < -0.39 is 17.5 Å². The molecular formula is C16H18N2O5. The van der Waals surface area contributed by atoms with Crippen LogP contribution >= 0.6 is 0 Å². The molecule has 2 aromatic rings. The number of rotatable bonds is 6. The fourth-order valence-corrected chi connectivity index (χ4v) is 2.03. The van der Waals surface area contributed by atoms with Crippen LogP contribution in [0.4, 0.5) is 5.69 Å². The highest BCUT2D eigenvalue weighted by Gasteiger charge is 2.30. The highest BCUT2D eigenvalue weighted by atomic mass is 16.5. The quantitative estimate of drug-likeness (QED) is 0.695. The summed E-state index contributed by atoms with van der Waals surface area (Å²) in [5, 5.41) is 22.3. The van der Waals surface area contributed by atoms with Crippen molar-refractivity contribution >= 4 is 28.5 Å². The summed E-state index contributed by atoms with van der Waals surface area (Å²) in [4.78, 5) is 27.3. The van der Waals surface area contributed by atoms with Crippen molar-refractivity contribution in [3.05, 3.63) is 36.0 Å². The largest absolute Gasteiger partial charge is 0.479 e. The lowest BCUT2D eigenvalue weighted by molar-refractivity contribution is -0.155. The molecule has 0 bridgehead atoms. The number of carbonyl (C=O) groups excluding carboxylic acids is 1. The van der Waals surface area contributed by atoms with E-state index in [1.54, 1.807) is 31.2 Å². The van der Waals surface area contributed by atoms with Crippen LogP contribution in [-0.4, -0.2) is 45.9 Å². The number of anilines is 1. The lowest BCUT2D eigenvalue weighted by Crippen LogP contribution is -2.42. The third-order valence-corrected chi connectivity index (χ3v) is 3.34. The predicted molar refractivity (Wildman–Crippen MR) is 84.4 cm³/mol. The molecular weight excluding hydrogens is 300 g/mol. The van der Waals surface area contributed by atoms with E-state index in [1.807, 2.05) is 0 Å². The van der Waals surface area contributed by atoms with Crippen molar-refractivity contribution < 1.29 is 24.5 Å². The normalized spacial score (nSPS) is 13.3. The van der Waals surface area contributed by atoms with E-state index in [1.165, 1.54) is 13.1 Å². The maximum Gasteiger partial charge on any atom is 0.341 e. The van der Waals surface area contributed by atoms with Crippen molar-refractivity contribution in [2.75, 3.05) is 18.5 Å². The molecule has 0 aliphatic heterocycles. The third kappa shape index (κ3) is 3.57. The van der Waals surface area contributed by atoms with Crippen molar-refractivity contribution in [1.29, 1.82) is 0 Å². The summed E-state index contributed by atoms with van der Waals surface area (Å²) < 4.78 is 5.00. The number of benzene rings is 1. The van der Waals surface area contributed by atoms with Crippen LogP contribution in [0.1, 0.15) is 24.2 Å². The molecule has 23 heavy (non-hydrogen) atoms. The highest BCUT2D eigenvalue weighted by Crippen LogP contribution is 2.27. The van der Waals surface area contributed by atoms with Crippen molar-refractivity contribution in [3.8, 4) is 0 Å². The second-order valence-corrected chi connectivity index (χ2v) is 5.22. The first-order valence-corrected chi connectivity index (χ1v) is 7.11. The van der Waals surface area contributed by atoms with Crippen LogP contribution in [0, 0.1) is 0 Å². The first-order chi connectivity index (χ1) is 10.9. The van der Waals surface area contributed by atoms with Gasteiger partial charge in [0.2, 0.25) is 0 Å². The van der Waals surface area contributed by atoms with E-state index in [0.717, 1.165) is 0 Å². The molecule has 3 N–H and O–H groups in total. The summed E-state index contributed by atoms with van der Waals surface area (Å²) >= 11 is 0. The summed E-state index contributed by atoms with van der Waals surface area (Å²) in [6.45, 7) is 2.80. The summed E-state index contributed by atoms with van der Waals surface area (Å²) in [6.07, 6.45) is 1.37. The van der Waals surface area contributed by atoms with Gasteiger partial charge in [0.25, 0.3) is 0 Å². The Kier molecular flexibility index (Phi) is 4.80. The minimum absolute atomic E-state index is 0.187. The molecule has 0 radical (unpaired) electrons. The van der Waals surface area contributed by atoms with Crippen LogP contribution in [0.2, 0.25) is 0 Å². The zero-order valence-corrected chi connectivity index (χ0v) is 12.9. The van der Waals surface area contributed by atoms with Gasteiger partial charge in [0.1, 0.15) is 5.56 Å². The number of carbonyl (C=O) groups is 2. The Morgan fingerprint density at radius 2 is 2.04 bits per heavy atom. The number of hydrogen-bond acceptors (Lipinski definition) is 6. The molecule has 1 atom stereocenters. The Bertz CT molecular complexity index is 742. The number of esters is 1. The van der Waals surface area contributed by atoms with E-state index in [9.17, 15) is 14.7 Å². The summed E-state index contributed by atoms with van der Waals surface area (Å²) in [5.41, 5.74) is -0.767. The van der Waals surface area contributed by atoms with Crippen LogP contribution < -0.4 is 5.32 Å². The summed E-state index contributed by atoms with van der Waals surface area (Å²) in [5.74, 6) is -1.93. The maximum atomic E-state index is 12.1.